The van der Waals surface area contributed by atoms with Crippen LogP contribution in [0.2, 0.25) is 0 Å². The fourth-order valence-electron chi connectivity index (χ4n) is 3.06. The summed E-state index contributed by atoms with van der Waals surface area (Å²) in [7, 11) is 0. The molecular formula is C16H21NO4. The van der Waals surface area contributed by atoms with Crippen LogP contribution in [0.25, 0.3) is 0 Å². The van der Waals surface area contributed by atoms with Crippen molar-refractivity contribution in [1.29, 1.82) is 0 Å². The summed E-state index contributed by atoms with van der Waals surface area (Å²) in [6.45, 7) is 5.01. The van der Waals surface area contributed by atoms with Crippen LogP contribution in [0.1, 0.15) is 31.4 Å². The molecule has 2 heterocycles. The Hall–Kier alpha value is -1.75. The van der Waals surface area contributed by atoms with Crippen molar-refractivity contribution in [3.63, 3.8) is 0 Å². The first kappa shape index (κ1) is 14.2. The van der Waals surface area contributed by atoms with Gasteiger partial charge in [0.15, 0.2) is 11.5 Å². The van der Waals surface area contributed by atoms with Crippen LogP contribution in [-0.4, -0.2) is 42.3 Å². The average molecular weight is 291 g/mol. The summed E-state index contributed by atoms with van der Waals surface area (Å²) >= 11 is 0. The van der Waals surface area contributed by atoms with Gasteiger partial charge >= 0.3 is 5.97 Å². The van der Waals surface area contributed by atoms with E-state index in [1.165, 1.54) is 5.56 Å². The largest absolute Gasteiger partial charge is 0.486 e. The molecule has 2 aliphatic rings. The topological polar surface area (TPSA) is 59.0 Å². The van der Waals surface area contributed by atoms with Gasteiger partial charge in [0.25, 0.3) is 0 Å². The lowest BCUT2D eigenvalue weighted by Gasteiger charge is -2.35. The number of ether oxygens (including phenoxy) is 2. The number of carboxylic acid groups (broad SMARTS) is 1. The van der Waals surface area contributed by atoms with Crippen molar-refractivity contribution in [2.75, 3.05) is 26.3 Å². The highest BCUT2D eigenvalue weighted by Gasteiger charge is 2.27. The third-order valence-electron chi connectivity index (χ3n) is 4.48. The van der Waals surface area contributed by atoms with Gasteiger partial charge in [-0.1, -0.05) is 6.07 Å². The summed E-state index contributed by atoms with van der Waals surface area (Å²) in [5, 5.41) is 9.06. The summed E-state index contributed by atoms with van der Waals surface area (Å²) in [5.41, 5.74) is 1.19. The monoisotopic (exact) mass is 291 g/mol. The molecule has 0 radical (unpaired) electrons. The summed E-state index contributed by atoms with van der Waals surface area (Å²) in [5.74, 6) is 0.767. The zero-order valence-corrected chi connectivity index (χ0v) is 12.2. The number of carboxylic acids is 1. The molecule has 0 bridgehead atoms. The Kier molecular flexibility index (Phi) is 4.01. The van der Waals surface area contributed by atoms with Crippen LogP contribution in [0, 0.1) is 5.92 Å². The fourth-order valence-corrected chi connectivity index (χ4v) is 3.06. The predicted molar refractivity (Wildman–Crippen MR) is 77.8 cm³/mol. The molecule has 2 aliphatic heterocycles. The van der Waals surface area contributed by atoms with Crippen molar-refractivity contribution in [1.82, 2.24) is 4.90 Å². The van der Waals surface area contributed by atoms with Crippen molar-refractivity contribution in [3.05, 3.63) is 23.8 Å². The second-order valence-electron chi connectivity index (χ2n) is 5.73. The van der Waals surface area contributed by atoms with Crippen LogP contribution in [-0.2, 0) is 4.79 Å². The third-order valence-corrected chi connectivity index (χ3v) is 4.48. The normalized spacial score (nSPS) is 21.0. The fraction of sp³-hybridized carbons (Fsp3) is 0.562. The molecule has 0 aliphatic carbocycles. The van der Waals surface area contributed by atoms with E-state index in [2.05, 4.69) is 17.9 Å². The summed E-state index contributed by atoms with van der Waals surface area (Å²) < 4.78 is 11.2. The highest BCUT2D eigenvalue weighted by atomic mass is 16.6. The van der Waals surface area contributed by atoms with Crippen molar-refractivity contribution < 1.29 is 19.4 Å². The first-order valence-corrected chi connectivity index (χ1v) is 7.51. The summed E-state index contributed by atoms with van der Waals surface area (Å²) in [4.78, 5) is 13.4. The van der Waals surface area contributed by atoms with E-state index >= 15 is 0 Å². The van der Waals surface area contributed by atoms with Crippen LogP contribution < -0.4 is 9.47 Å². The Morgan fingerprint density at radius 1 is 1.24 bits per heavy atom. The standard InChI is InChI=1S/C16H21NO4/c1-11(17-6-4-12(5-7-17)16(18)19)13-2-3-14-15(10-13)21-9-8-20-14/h2-3,10-12H,4-9H2,1H3,(H,18,19). The van der Waals surface area contributed by atoms with Gasteiger partial charge in [0.1, 0.15) is 13.2 Å². The predicted octanol–water partition coefficient (Wildman–Crippen LogP) is 2.32. The zero-order chi connectivity index (χ0) is 14.8. The zero-order valence-electron chi connectivity index (χ0n) is 12.2. The Labute approximate surface area is 124 Å². The van der Waals surface area contributed by atoms with E-state index in [-0.39, 0.29) is 12.0 Å². The SMILES string of the molecule is CC(c1ccc2c(c1)OCCO2)N1CCC(C(=O)O)CC1. The van der Waals surface area contributed by atoms with Gasteiger partial charge in [-0.05, 0) is 50.6 Å². The quantitative estimate of drug-likeness (QED) is 0.926. The molecule has 0 spiro atoms. The maximum atomic E-state index is 11.0. The van der Waals surface area contributed by atoms with Gasteiger partial charge in [-0.2, -0.15) is 0 Å². The molecule has 1 aromatic carbocycles. The average Bonchev–Trinajstić information content (AvgIpc) is 2.54. The van der Waals surface area contributed by atoms with Crippen LogP contribution in [0.15, 0.2) is 18.2 Å². The van der Waals surface area contributed by atoms with E-state index < -0.39 is 5.97 Å². The Morgan fingerprint density at radius 3 is 2.57 bits per heavy atom. The molecule has 5 nitrogen and oxygen atoms in total. The lowest BCUT2D eigenvalue weighted by molar-refractivity contribution is -0.143. The lowest BCUT2D eigenvalue weighted by atomic mass is 9.94. The molecule has 1 saturated heterocycles. The van der Waals surface area contributed by atoms with Gasteiger partial charge in [-0.15, -0.1) is 0 Å². The molecule has 1 aromatic rings. The van der Waals surface area contributed by atoms with E-state index in [4.69, 9.17) is 14.6 Å². The summed E-state index contributed by atoms with van der Waals surface area (Å²) in [6.07, 6.45) is 1.45. The van der Waals surface area contributed by atoms with E-state index in [1.807, 2.05) is 12.1 Å². The molecule has 114 valence electrons. The van der Waals surface area contributed by atoms with Crippen LogP contribution >= 0.6 is 0 Å². The first-order chi connectivity index (χ1) is 10.1. The molecule has 0 saturated carbocycles. The van der Waals surface area contributed by atoms with Crippen molar-refractivity contribution >= 4 is 5.97 Å². The maximum Gasteiger partial charge on any atom is 0.306 e. The third kappa shape index (κ3) is 2.97. The van der Waals surface area contributed by atoms with Gasteiger partial charge in [0.2, 0.25) is 0 Å². The molecule has 1 atom stereocenters. The number of nitrogens with zero attached hydrogens (tertiary/aromatic N) is 1. The number of carbonyl (C=O) groups is 1. The second-order valence-corrected chi connectivity index (χ2v) is 5.73. The number of benzene rings is 1. The lowest BCUT2D eigenvalue weighted by Crippen LogP contribution is -2.37. The molecule has 1 unspecified atom stereocenters. The number of piperidine rings is 1. The van der Waals surface area contributed by atoms with E-state index in [9.17, 15) is 4.79 Å². The minimum absolute atomic E-state index is 0.186. The van der Waals surface area contributed by atoms with Gasteiger partial charge in [0, 0.05) is 6.04 Å². The molecule has 3 rings (SSSR count). The van der Waals surface area contributed by atoms with Gasteiger partial charge in [-0.3, -0.25) is 9.69 Å². The molecule has 0 amide bonds. The number of hydrogen-bond donors (Lipinski definition) is 1. The maximum absolute atomic E-state index is 11.0. The molecule has 21 heavy (non-hydrogen) atoms. The van der Waals surface area contributed by atoms with Crippen molar-refractivity contribution in [2.24, 2.45) is 5.92 Å². The van der Waals surface area contributed by atoms with Crippen molar-refractivity contribution in [3.8, 4) is 11.5 Å². The van der Waals surface area contributed by atoms with Crippen molar-refractivity contribution in [2.45, 2.75) is 25.8 Å². The van der Waals surface area contributed by atoms with Gasteiger partial charge in [0.05, 0.1) is 5.92 Å². The highest BCUT2D eigenvalue weighted by molar-refractivity contribution is 5.70. The van der Waals surface area contributed by atoms with Gasteiger partial charge < -0.3 is 14.6 Å². The minimum Gasteiger partial charge on any atom is -0.486 e. The highest BCUT2D eigenvalue weighted by Crippen LogP contribution is 2.35. The van der Waals surface area contributed by atoms with E-state index in [1.54, 1.807) is 0 Å². The Morgan fingerprint density at radius 2 is 1.90 bits per heavy atom. The number of rotatable bonds is 3. The molecule has 5 heteroatoms. The molecule has 1 fully saturated rings. The number of likely N-dealkylation sites (tertiary alicyclic amines) is 1. The van der Waals surface area contributed by atoms with Crippen LogP contribution in [0.5, 0.6) is 11.5 Å². The molecule has 1 N–H and O–H groups in total. The Balaban J connectivity index is 1.68. The van der Waals surface area contributed by atoms with E-state index in [0.29, 0.717) is 13.2 Å². The molecular weight excluding hydrogens is 270 g/mol. The summed E-state index contributed by atoms with van der Waals surface area (Å²) in [6, 6.07) is 6.34. The van der Waals surface area contributed by atoms with Crippen LogP contribution in [0.4, 0.5) is 0 Å². The van der Waals surface area contributed by atoms with Crippen LogP contribution in [0.3, 0.4) is 0 Å². The first-order valence-electron chi connectivity index (χ1n) is 7.51. The molecule has 0 aromatic heterocycles. The number of aliphatic carboxylic acids is 1. The second kappa shape index (κ2) is 5.93. The minimum atomic E-state index is -0.665. The van der Waals surface area contributed by atoms with E-state index in [0.717, 1.165) is 37.4 Å². The number of hydrogen-bond acceptors (Lipinski definition) is 4. The number of fused-ring (bicyclic) bond motifs is 1. The smallest absolute Gasteiger partial charge is 0.306 e. The Bertz CT molecular complexity index is 523. The van der Waals surface area contributed by atoms with Gasteiger partial charge in [-0.25, -0.2) is 0 Å².